The summed E-state index contributed by atoms with van der Waals surface area (Å²) in [6.45, 7) is 3.59. The van der Waals surface area contributed by atoms with Crippen molar-refractivity contribution >= 4 is 28.5 Å². The Bertz CT molecular complexity index is 799. The predicted octanol–water partition coefficient (Wildman–Crippen LogP) is 1.02. The van der Waals surface area contributed by atoms with Crippen LogP contribution in [-0.4, -0.2) is 41.7 Å². The number of carbonyl (C=O) groups excluding carboxylic acids is 3. The molecule has 0 spiro atoms. The zero-order chi connectivity index (χ0) is 19.1. The van der Waals surface area contributed by atoms with Crippen molar-refractivity contribution in [1.82, 2.24) is 15.6 Å². The van der Waals surface area contributed by atoms with Crippen molar-refractivity contribution in [2.45, 2.75) is 26.3 Å². The van der Waals surface area contributed by atoms with Crippen LogP contribution >= 0.6 is 0 Å². The van der Waals surface area contributed by atoms with E-state index >= 15 is 0 Å². The lowest BCUT2D eigenvalue weighted by atomic mass is 10.0. The first-order valence-electron chi connectivity index (χ1n) is 8.55. The van der Waals surface area contributed by atoms with E-state index in [0.717, 1.165) is 5.39 Å². The van der Waals surface area contributed by atoms with Gasteiger partial charge in [0.1, 0.15) is 0 Å². The topological polar surface area (TPSA) is 114 Å². The summed E-state index contributed by atoms with van der Waals surface area (Å²) in [7, 11) is 0. The van der Waals surface area contributed by atoms with Crippen LogP contribution in [0.1, 0.15) is 30.6 Å². The fraction of sp³-hybridized carbons (Fsp3) is 0.368. The number of amides is 2. The van der Waals surface area contributed by atoms with Gasteiger partial charge in [0.2, 0.25) is 5.91 Å². The van der Waals surface area contributed by atoms with Gasteiger partial charge in [0.05, 0.1) is 30.2 Å². The molecule has 7 heteroatoms. The van der Waals surface area contributed by atoms with Gasteiger partial charge in [-0.05, 0) is 24.5 Å². The minimum atomic E-state index is -0.640. The van der Waals surface area contributed by atoms with Crippen LogP contribution in [0.2, 0.25) is 0 Å². The van der Waals surface area contributed by atoms with Crippen LogP contribution in [0.5, 0.6) is 0 Å². The number of hydrogen-bond acceptors (Lipinski definition) is 5. The number of nitrogens with zero attached hydrogens (tertiary/aromatic N) is 1. The van der Waals surface area contributed by atoms with E-state index < -0.39 is 6.04 Å². The number of hydrogen-bond donors (Lipinski definition) is 3. The van der Waals surface area contributed by atoms with Gasteiger partial charge >= 0.3 is 0 Å². The molecule has 26 heavy (non-hydrogen) atoms. The summed E-state index contributed by atoms with van der Waals surface area (Å²) in [5, 5.41) is 5.91. The summed E-state index contributed by atoms with van der Waals surface area (Å²) in [5.41, 5.74) is 6.73. The van der Waals surface area contributed by atoms with Gasteiger partial charge < -0.3 is 16.4 Å². The first-order valence-corrected chi connectivity index (χ1v) is 8.55. The van der Waals surface area contributed by atoms with Crippen LogP contribution in [0.15, 0.2) is 36.5 Å². The van der Waals surface area contributed by atoms with Crippen molar-refractivity contribution in [1.29, 1.82) is 0 Å². The first-order chi connectivity index (χ1) is 12.4. The van der Waals surface area contributed by atoms with Gasteiger partial charge in [-0.2, -0.15) is 0 Å². The van der Waals surface area contributed by atoms with Gasteiger partial charge in [0.25, 0.3) is 5.91 Å². The van der Waals surface area contributed by atoms with Crippen molar-refractivity contribution in [3.63, 3.8) is 0 Å². The quantitative estimate of drug-likeness (QED) is 0.653. The minimum Gasteiger partial charge on any atom is -0.348 e. The second-order valence-electron chi connectivity index (χ2n) is 6.56. The van der Waals surface area contributed by atoms with Crippen LogP contribution in [-0.2, 0) is 9.59 Å². The molecule has 2 aromatic rings. The third-order valence-corrected chi connectivity index (χ3v) is 3.85. The van der Waals surface area contributed by atoms with Crippen molar-refractivity contribution in [2.75, 3.05) is 13.1 Å². The Morgan fingerprint density at radius 3 is 2.50 bits per heavy atom. The molecule has 4 N–H and O–H groups in total. The summed E-state index contributed by atoms with van der Waals surface area (Å²) < 4.78 is 0. The van der Waals surface area contributed by atoms with Crippen LogP contribution in [0.3, 0.4) is 0 Å². The highest BCUT2D eigenvalue weighted by molar-refractivity contribution is 6.06. The molecule has 0 aliphatic carbocycles. The van der Waals surface area contributed by atoms with Crippen LogP contribution < -0.4 is 16.4 Å². The van der Waals surface area contributed by atoms with E-state index in [2.05, 4.69) is 15.6 Å². The number of nitrogens with two attached hydrogens (primary N) is 1. The molecule has 0 fully saturated rings. The second-order valence-corrected chi connectivity index (χ2v) is 6.56. The number of benzene rings is 1. The van der Waals surface area contributed by atoms with Gasteiger partial charge in [-0.15, -0.1) is 0 Å². The number of carbonyl (C=O) groups is 3. The summed E-state index contributed by atoms with van der Waals surface area (Å²) in [6.07, 6.45) is 2.16. The number of Topliss-reactive ketones (excluding diaryl/α,β-unsaturated/α-hetero) is 1. The van der Waals surface area contributed by atoms with Crippen LogP contribution in [0.4, 0.5) is 0 Å². The lowest BCUT2D eigenvalue weighted by molar-refractivity contribution is -0.125. The fourth-order valence-corrected chi connectivity index (χ4v) is 2.56. The number of pyridine rings is 1. The first kappa shape index (κ1) is 19.5. The summed E-state index contributed by atoms with van der Waals surface area (Å²) in [4.78, 5) is 40.2. The van der Waals surface area contributed by atoms with Crippen molar-refractivity contribution < 1.29 is 14.4 Å². The number of nitrogens with one attached hydrogen (secondary N) is 2. The van der Waals surface area contributed by atoms with Gasteiger partial charge in [0.15, 0.2) is 5.78 Å². The van der Waals surface area contributed by atoms with E-state index in [1.165, 1.54) is 0 Å². The monoisotopic (exact) mass is 356 g/mol. The fourth-order valence-electron chi connectivity index (χ4n) is 2.56. The molecule has 2 rings (SSSR count). The van der Waals surface area contributed by atoms with E-state index in [1.807, 2.05) is 26.0 Å². The Labute approximate surface area is 152 Å². The molecule has 1 aromatic carbocycles. The lowest BCUT2D eigenvalue weighted by Gasteiger charge is -2.14. The molecule has 2 amide bonds. The molecule has 0 unspecified atom stereocenters. The zero-order valence-corrected chi connectivity index (χ0v) is 15.0. The lowest BCUT2D eigenvalue weighted by Crippen LogP contribution is -2.44. The molecule has 1 atom stereocenters. The molecule has 0 bridgehead atoms. The molecule has 7 nitrogen and oxygen atoms in total. The largest absolute Gasteiger partial charge is 0.348 e. The molecule has 0 saturated heterocycles. The standard InChI is InChI=1S/C19H24N4O3/c1-12(2)9-16(20)19(26)23-11-14(24)10-22-18(25)15-7-3-5-13-6-4-8-21-17(13)15/h3-8,12,16H,9-11,20H2,1-2H3,(H,22,25)(H,23,26)/t16-/m0/s1. The number of para-hydroxylation sites is 1. The highest BCUT2D eigenvalue weighted by Crippen LogP contribution is 2.15. The van der Waals surface area contributed by atoms with E-state index in [-0.39, 0.29) is 30.7 Å². The van der Waals surface area contributed by atoms with Gasteiger partial charge in [-0.1, -0.05) is 32.0 Å². The Kier molecular flexibility index (Phi) is 6.80. The Morgan fingerprint density at radius 1 is 1.08 bits per heavy atom. The normalized spacial score (nSPS) is 12.0. The predicted molar refractivity (Wildman–Crippen MR) is 99.5 cm³/mol. The maximum absolute atomic E-state index is 12.3. The summed E-state index contributed by atoms with van der Waals surface area (Å²) in [6, 6.07) is 8.29. The average molecular weight is 356 g/mol. The number of aromatic nitrogens is 1. The second kappa shape index (κ2) is 9.05. The van der Waals surface area contributed by atoms with Crippen LogP contribution in [0.25, 0.3) is 10.9 Å². The average Bonchev–Trinajstić information content (AvgIpc) is 2.63. The van der Waals surface area contributed by atoms with E-state index in [9.17, 15) is 14.4 Å². The molecule has 1 heterocycles. The molecule has 0 aliphatic rings. The van der Waals surface area contributed by atoms with Gasteiger partial charge in [-0.3, -0.25) is 19.4 Å². The smallest absolute Gasteiger partial charge is 0.253 e. The zero-order valence-electron chi connectivity index (χ0n) is 15.0. The Morgan fingerprint density at radius 2 is 1.77 bits per heavy atom. The number of rotatable bonds is 8. The third-order valence-electron chi connectivity index (χ3n) is 3.85. The third kappa shape index (κ3) is 5.35. The molecule has 138 valence electrons. The maximum Gasteiger partial charge on any atom is 0.253 e. The molecule has 0 saturated carbocycles. The molecule has 0 radical (unpaired) electrons. The highest BCUT2D eigenvalue weighted by Gasteiger charge is 2.16. The van der Waals surface area contributed by atoms with Crippen molar-refractivity contribution in [3.05, 3.63) is 42.1 Å². The number of ketones is 1. The Hall–Kier alpha value is -2.80. The highest BCUT2D eigenvalue weighted by atomic mass is 16.2. The van der Waals surface area contributed by atoms with Crippen molar-refractivity contribution in [2.24, 2.45) is 11.7 Å². The van der Waals surface area contributed by atoms with Crippen molar-refractivity contribution in [3.8, 4) is 0 Å². The van der Waals surface area contributed by atoms with Crippen LogP contribution in [0, 0.1) is 5.92 Å². The van der Waals surface area contributed by atoms with Gasteiger partial charge in [-0.25, -0.2) is 0 Å². The SMILES string of the molecule is CC(C)C[C@H](N)C(=O)NCC(=O)CNC(=O)c1cccc2cccnc12. The Balaban J connectivity index is 1.85. The summed E-state index contributed by atoms with van der Waals surface area (Å²) in [5.74, 6) is -0.765. The molecular weight excluding hydrogens is 332 g/mol. The summed E-state index contributed by atoms with van der Waals surface area (Å²) >= 11 is 0. The molecule has 0 aliphatic heterocycles. The molecular formula is C19H24N4O3. The van der Waals surface area contributed by atoms with Gasteiger partial charge in [0, 0.05) is 11.6 Å². The minimum absolute atomic E-state index is 0.168. The van der Waals surface area contributed by atoms with E-state index in [4.69, 9.17) is 5.73 Å². The van der Waals surface area contributed by atoms with E-state index in [0.29, 0.717) is 23.4 Å². The number of fused-ring (bicyclic) bond motifs is 1. The molecule has 1 aromatic heterocycles. The maximum atomic E-state index is 12.3. The van der Waals surface area contributed by atoms with E-state index in [1.54, 1.807) is 24.4 Å².